The molecule has 16 heavy (non-hydrogen) atoms. The normalized spacial score (nSPS) is 9.50. The molecule has 0 radical (unpaired) electrons. The van der Waals surface area contributed by atoms with Crippen molar-refractivity contribution in [3.63, 3.8) is 0 Å². The molecule has 0 saturated heterocycles. The maximum Gasteiger partial charge on any atom is 0.0543 e. The fourth-order valence-electron chi connectivity index (χ4n) is 1.51. The van der Waals surface area contributed by atoms with Gasteiger partial charge in [0.15, 0.2) is 0 Å². The van der Waals surface area contributed by atoms with Crippen molar-refractivity contribution in [1.82, 2.24) is 0 Å². The van der Waals surface area contributed by atoms with E-state index in [4.69, 9.17) is 6.42 Å². The smallest absolute Gasteiger partial charge is 0.0543 e. The molecule has 0 aliphatic carbocycles. The van der Waals surface area contributed by atoms with E-state index in [2.05, 4.69) is 30.3 Å². The minimum Gasteiger partial charge on any atom is -0.355 e. The Morgan fingerprint density at radius 1 is 1.00 bits per heavy atom. The van der Waals surface area contributed by atoms with Crippen LogP contribution < -0.4 is 5.32 Å². The second-order valence-corrected chi connectivity index (χ2v) is 3.68. The highest BCUT2D eigenvalue weighted by atomic mass is 14.9. The van der Waals surface area contributed by atoms with Gasteiger partial charge < -0.3 is 5.32 Å². The molecule has 1 nitrogen and oxygen atoms in total. The predicted octanol–water partition coefficient (Wildman–Crippen LogP) is 3.72. The Morgan fingerprint density at radius 3 is 2.38 bits per heavy atom. The molecule has 0 bridgehead atoms. The topological polar surface area (TPSA) is 12.0 Å². The number of hydrogen-bond donors (Lipinski definition) is 1. The van der Waals surface area contributed by atoms with Crippen molar-refractivity contribution in [2.75, 3.05) is 5.32 Å². The van der Waals surface area contributed by atoms with Crippen LogP contribution in [-0.4, -0.2) is 0 Å². The van der Waals surface area contributed by atoms with Crippen molar-refractivity contribution >= 4 is 11.4 Å². The molecule has 2 aromatic rings. The Kier molecular flexibility index (Phi) is 2.93. The predicted molar refractivity (Wildman–Crippen MR) is 68.8 cm³/mol. The minimum absolute atomic E-state index is 0.878. The zero-order chi connectivity index (χ0) is 11.4. The first kappa shape index (κ1) is 10.3. The molecule has 2 rings (SSSR count). The number of anilines is 2. The quantitative estimate of drug-likeness (QED) is 0.740. The first-order valence-electron chi connectivity index (χ1n) is 5.19. The third kappa shape index (κ3) is 2.24. The monoisotopic (exact) mass is 207 g/mol. The minimum atomic E-state index is 0.878. The lowest BCUT2D eigenvalue weighted by Gasteiger charge is -2.08. The molecular formula is C15H13N. The SMILES string of the molecule is C#Cc1ccccc1Nc1ccc(C)cc1. The molecule has 0 saturated carbocycles. The van der Waals surface area contributed by atoms with Gasteiger partial charge in [0.25, 0.3) is 0 Å². The van der Waals surface area contributed by atoms with Crippen LogP contribution in [0.2, 0.25) is 0 Å². The summed E-state index contributed by atoms with van der Waals surface area (Å²) < 4.78 is 0. The molecular weight excluding hydrogens is 194 g/mol. The second kappa shape index (κ2) is 4.55. The van der Waals surface area contributed by atoms with Crippen molar-refractivity contribution in [2.24, 2.45) is 0 Å². The number of para-hydroxylation sites is 1. The summed E-state index contributed by atoms with van der Waals surface area (Å²) in [5.74, 6) is 2.66. The van der Waals surface area contributed by atoms with Gasteiger partial charge in [-0.25, -0.2) is 0 Å². The highest BCUT2D eigenvalue weighted by molar-refractivity contribution is 5.66. The lowest BCUT2D eigenvalue weighted by Crippen LogP contribution is -1.92. The third-order valence-corrected chi connectivity index (χ3v) is 2.41. The molecule has 78 valence electrons. The molecule has 0 atom stereocenters. The Hall–Kier alpha value is -2.20. The highest BCUT2D eigenvalue weighted by Crippen LogP contribution is 2.20. The molecule has 0 spiro atoms. The Bertz CT molecular complexity index is 518. The van der Waals surface area contributed by atoms with E-state index >= 15 is 0 Å². The van der Waals surface area contributed by atoms with E-state index in [0.29, 0.717) is 0 Å². The van der Waals surface area contributed by atoms with Crippen molar-refractivity contribution in [2.45, 2.75) is 6.92 Å². The summed E-state index contributed by atoms with van der Waals surface area (Å²) in [6.07, 6.45) is 5.44. The zero-order valence-corrected chi connectivity index (χ0v) is 9.20. The van der Waals surface area contributed by atoms with E-state index in [1.54, 1.807) is 0 Å². The Balaban J connectivity index is 2.27. The molecule has 0 aliphatic heterocycles. The molecule has 1 N–H and O–H groups in total. The van der Waals surface area contributed by atoms with Crippen LogP contribution in [0.15, 0.2) is 48.5 Å². The van der Waals surface area contributed by atoms with E-state index in [-0.39, 0.29) is 0 Å². The van der Waals surface area contributed by atoms with Gasteiger partial charge in [-0.05, 0) is 31.2 Å². The molecule has 2 aromatic carbocycles. The molecule has 0 amide bonds. The van der Waals surface area contributed by atoms with Gasteiger partial charge in [0.1, 0.15) is 0 Å². The average Bonchev–Trinajstić information content (AvgIpc) is 2.33. The van der Waals surface area contributed by atoms with E-state index in [0.717, 1.165) is 16.9 Å². The van der Waals surface area contributed by atoms with Gasteiger partial charge in [-0.15, -0.1) is 6.42 Å². The van der Waals surface area contributed by atoms with Crippen LogP contribution in [0.25, 0.3) is 0 Å². The molecule has 0 fully saturated rings. The standard InChI is InChI=1S/C15H13N/c1-3-13-6-4-5-7-15(13)16-14-10-8-12(2)9-11-14/h1,4-11,16H,2H3. The van der Waals surface area contributed by atoms with E-state index < -0.39 is 0 Å². The van der Waals surface area contributed by atoms with E-state index in [1.807, 2.05) is 36.4 Å². The molecule has 0 aromatic heterocycles. The number of benzene rings is 2. The van der Waals surface area contributed by atoms with Gasteiger partial charge in [-0.3, -0.25) is 0 Å². The van der Waals surface area contributed by atoms with Crippen LogP contribution in [0.4, 0.5) is 11.4 Å². The Morgan fingerprint density at radius 2 is 1.69 bits per heavy atom. The first-order chi connectivity index (χ1) is 7.79. The summed E-state index contributed by atoms with van der Waals surface area (Å²) in [6.45, 7) is 2.07. The molecule has 0 unspecified atom stereocenters. The number of rotatable bonds is 2. The summed E-state index contributed by atoms with van der Waals surface area (Å²) in [5.41, 5.74) is 4.14. The summed E-state index contributed by atoms with van der Waals surface area (Å²) in [4.78, 5) is 0. The summed E-state index contributed by atoms with van der Waals surface area (Å²) in [5, 5.41) is 3.31. The van der Waals surface area contributed by atoms with Crippen LogP contribution in [0.3, 0.4) is 0 Å². The number of terminal acetylenes is 1. The Labute approximate surface area is 96.1 Å². The molecule has 0 aliphatic rings. The van der Waals surface area contributed by atoms with Crippen LogP contribution in [0.5, 0.6) is 0 Å². The highest BCUT2D eigenvalue weighted by Gasteiger charge is 1.98. The summed E-state index contributed by atoms with van der Waals surface area (Å²) in [7, 11) is 0. The zero-order valence-electron chi connectivity index (χ0n) is 9.20. The van der Waals surface area contributed by atoms with Gasteiger partial charge in [0, 0.05) is 11.3 Å². The third-order valence-electron chi connectivity index (χ3n) is 2.41. The van der Waals surface area contributed by atoms with Crippen molar-refractivity contribution in [1.29, 1.82) is 0 Å². The van der Waals surface area contributed by atoms with Crippen molar-refractivity contribution in [3.8, 4) is 12.3 Å². The fourth-order valence-corrected chi connectivity index (χ4v) is 1.51. The van der Waals surface area contributed by atoms with E-state index in [1.165, 1.54) is 5.56 Å². The van der Waals surface area contributed by atoms with Crippen LogP contribution in [0.1, 0.15) is 11.1 Å². The average molecular weight is 207 g/mol. The molecule has 1 heteroatoms. The number of hydrogen-bond acceptors (Lipinski definition) is 1. The number of nitrogens with one attached hydrogen (secondary N) is 1. The second-order valence-electron chi connectivity index (χ2n) is 3.68. The lowest BCUT2D eigenvalue weighted by molar-refractivity contribution is 1.45. The van der Waals surface area contributed by atoms with Gasteiger partial charge in [-0.1, -0.05) is 35.7 Å². The first-order valence-corrected chi connectivity index (χ1v) is 5.19. The van der Waals surface area contributed by atoms with Gasteiger partial charge in [0.05, 0.1) is 5.69 Å². The number of aryl methyl sites for hydroxylation is 1. The van der Waals surface area contributed by atoms with Crippen molar-refractivity contribution in [3.05, 3.63) is 59.7 Å². The van der Waals surface area contributed by atoms with Crippen molar-refractivity contribution < 1.29 is 0 Å². The lowest BCUT2D eigenvalue weighted by atomic mass is 10.1. The maximum atomic E-state index is 5.44. The summed E-state index contributed by atoms with van der Waals surface area (Å²) in [6, 6.07) is 16.0. The van der Waals surface area contributed by atoms with Crippen LogP contribution in [0, 0.1) is 19.3 Å². The summed E-state index contributed by atoms with van der Waals surface area (Å²) >= 11 is 0. The van der Waals surface area contributed by atoms with Crippen LogP contribution >= 0.6 is 0 Å². The maximum absolute atomic E-state index is 5.44. The largest absolute Gasteiger partial charge is 0.355 e. The van der Waals surface area contributed by atoms with E-state index in [9.17, 15) is 0 Å². The fraction of sp³-hybridized carbons (Fsp3) is 0.0667. The van der Waals surface area contributed by atoms with Crippen LogP contribution in [-0.2, 0) is 0 Å². The van der Waals surface area contributed by atoms with Gasteiger partial charge >= 0.3 is 0 Å². The molecule has 0 heterocycles. The van der Waals surface area contributed by atoms with Gasteiger partial charge in [-0.2, -0.15) is 0 Å². The van der Waals surface area contributed by atoms with Gasteiger partial charge in [0.2, 0.25) is 0 Å².